The fraction of sp³-hybridized carbons (Fsp3) is 0. The molecule has 0 amide bonds. The van der Waals surface area contributed by atoms with Crippen LogP contribution in [-0.4, -0.2) is 15.2 Å². The van der Waals surface area contributed by atoms with Gasteiger partial charge in [0, 0.05) is 18.3 Å². The van der Waals surface area contributed by atoms with Crippen molar-refractivity contribution in [1.82, 2.24) is 4.98 Å². The minimum absolute atomic E-state index is 0.0638. The summed E-state index contributed by atoms with van der Waals surface area (Å²) in [7, 11) is 0. The van der Waals surface area contributed by atoms with Crippen molar-refractivity contribution in [2.45, 2.75) is 0 Å². The van der Waals surface area contributed by atoms with Gasteiger partial charge < -0.3 is 14.6 Å². The van der Waals surface area contributed by atoms with E-state index in [1.807, 2.05) is 0 Å². The van der Waals surface area contributed by atoms with E-state index in [1.165, 1.54) is 36.7 Å². The second kappa shape index (κ2) is 4.13. The lowest BCUT2D eigenvalue weighted by Gasteiger charge is -2.05. The number of nitrogens with zero attached hydrogens (tertiary/aromatic N) is 1. The van der Waals surface area contributed by atoms with Gasteiger partial charge >= 0.3 is 0 Å². The second-order valence-electron chi connectivity index (χ2n) is 4.05. The summed E-state index contributed by atoms with van der Waals surface area (Å²) in [5, 5.41) is 19.4. The van der Waals surface area contributed by atoms with Crippen molar-refractivity contribution in [3.8, 4) is 22.8 Å². The second-order valence-corrected chi connectivity index (χ2v) is 4.05. The Morgan fingerprint density at radius 1 is 1.11 bits per heavy atom. The van der Waals surface area contributed by atoms with E-state index < -0.39 is 0 Å². The number of hydrogen-bond donors (Lipinski definition) is 2. The topological polar surface area (TPSA) is 83.6 Å². The standard InChI is InChI=1S/C14H9NO4/c16-8-1-2-9(11(17)5-8)13-6-12(18)10-3-4-15-7-14(10)19-13/h1-7,16-17H. The van der Waals surface area contributed by atoms with Crippen LogP contribution >= 0.6 is 0 Å². The molecule has 0 aliphatic heterocycles. The lowest BCUT2D eigenvalue weighted by molar-refractivity contribution is 0.450. The van der Waals surface area contributed by atoms with E-state index in [-0.39, 0.29) is 22.7 Å². The average molecular weight is 255 g/mol. The molecule has 2 N–H and O–H groups in total. The van der Waals surface area contributed by atoms with Gasteiger partial charge in [-0.05, 0) is 18.2 Å². The fourth-order valence-corrected chi connectivity index (χ4v) is 1.87. The highest BCUT2D eigenvalue weighted by molar-refractivity contribution is 5.78. The average Bonchev–Trinajstić information content (AvgIpc) is 2.38. The van der Waals surface area contributed by atoms with Crippen molar-refractivity contribution in [2.75, 3.05) is 0 Å². The zero-order valence-electron chi connectivity index (χ0n) is 9.70. The maximum absolute atomic E-state index is 11.9. The molecule has 0 saturated carbocycles. The van der Waals surface area contributed by atoms with Crippen LogP contribution in [0.15, 0.2) is 51.9 Å². The van der Waals surface area contributed by atoms with Crippen LogP contribution in [0, 0.1) is 0 Å². The summed E-state index contributed by atoms with van der Waals surface area (Å²) in [4.78, 5) is 15.8. The molecule has 0 bridgehead atoms. The molecule has 3 aromatic rings. The molecule has 0 fully saturated rings. The first-order chi connectivity index (χ1) is 9.15. The van der Waals surface area contributed by atoms with Gasteiger partial charge in [0.15, 0.2) is 11.0 Å². The van der Waals surface area contributed by atoms with Gasteiger partial charge in [0.25, 0.3) is 0 Å². The molecule has 3 rings (SSSR count). The number of phenolic OH excluding ortho intramolecular Hbond substituents is 2. The number of hydrogen-bond acceptors (Lipinski definition) is 5. The van der Waals surface area contributed by atoms with E-state index in [0.717, 1.165) is 0 Å². The van der Waals surface area contributed by atoms with Gasteiger partial charge in [-0.1, -0.05) is 0 Å². The summed E-state index contributed by atoms with van der Waals surface area (Å²) in [5.41, 5.74) is 0.462. The van der Waals surface area contributed by atoms with Gasteiger partial charge in [-0.15, -0.1) is 0 Å². The van der Waals surface area contributed by atoms with Crippen LogP contribution in [-0.2, 0) is 0 Å². The Kier molecular flexibility index (Phi) is 2.45. The lowest BCUT2D eigenvalue weighted by atomic mass is 10.1. The van der Waals surface area contributed by atoms with Gasteiger partial charge in [-0.3, -0.25) is 9.78 Å². The summed E-state index contributed by atoms with van der Waals surface area (Å²) in [6, 6.07) is 6.94. The van der Waals surface area contributed by atoms with E-state index in [2.05, 4.69) is 4.98 Å². The van der Waals surface area contributed by atoms with Gasteiger partial charge in [0.1, 0.15) is 17.3 Å². The molecule has 0 aliphatic carbocycles. The largest absolute Gasteiger partial charge is 0.508 e. The number of phenols is 2. The van der Waals surface area contributed by atoms with E-state index in [4.69, 9.17) is 4.42 Å². The highest BCUT2D eigenvalue weighted by atomic mass is 16.3. The number of aromatic nitrogens is 1. The molecule has 1 aromatic carbocycles. The first-order valence-corrected chi connectivity index (χ1v) is 5.55. The maximum Gasteiger partial charge on any atom is 0.193 e. The fourth-order valence-electron chi connectivity index (χ4n) is 1.87. The summed E-state index contributed by atoms with van der Waals surface area (Å²) >= 11 is 0. The third kappa shape index (κ3) is 1.91. The van der Waals surface area contributed by atoms with E-state index in [9.17, 15) is 15.0 Å². The minimum Gasteiger partial charge on any atom is -0.508 e. The lowest BCUT2D eigenvalue weighted by Crippen LogP contribution is -2.00. The molecule has 2 heterocycles. The highest BCUT2D eigenvalue weighted by Gasteiger charge is 2.11. The number of rotatable bonds is 1. The molecule has 2 aromatic heterocycles. The molecule has 0 atom stereocenters. The Bertz CT molecular complexity index is 823. The monoisotopic (exact) mass is 255 g/mol. The molecule has 5 nitrogen and oxygen atoms in total. The highest BCUT2D eigenvalue weighted by Crippen LogP contribution is 2.32. The molecule has 19 heavy (non-hydrogen) atoms. The molecule has 94 valence electrons. The number of benzene rings is 1. The smallest absolute Gasteiger partial charge is 0.193 e. The minimum atomic E-state index is -0.217. The molecule has 0 saturated heterocycles. The Balaban J connectivity index is 2.28. The van der Waals surface area contributed by atoms with Crippen molar-refractivity contribution in [2.24, 2.45) is 0 Å². The zero-order valence-corrected chi connectivity index (χ0v) is 9.70. The molecule has 5 heteroatoms. The van der Waals surface area contributed by atoms with Crippen LogP contribution in [0.4, 0.5) is 0 Å². The van der Waals surface area contributed by atoms with Gasteiger partial charge in [0.05, 0.1) is 17.1 Å². The van der Waals surface area contributed by atoms with Gasteiger partial charge in [-0.2, -0.15) is 0 Å². The molecule has 0 radical (unpaired) electrons. The van der Waals surface area contributed by atoms with Crippen molar-refractivity contribution >= 4 is 11.0 Å². The van der Waals surface area contributed by atoms with Crippen LogP contribution in [0.2, 0.25) is 0 Å². The van der Waals surface area contributed by atoms with Gasteiger partial charge in [-0.25, -0.2) is 0 Å². The maximum atomic E-state index is 11.9. The number of aromatic hydroxyl groups is 2. The summed E-state index contributed by atoms with van der Waals surface area (Å²) in [6.07, 6.45) is 2.95. The van der Waals surface area contributed by atoms with Crippen LogP contribution in [0.3, 0.4) is 0 Å². The Labute approximate surface area is 107 Å². The third-order valence-electron chi connectivity index (χ3n) is 2.78. The van der Waals surface area contributed by atoms with Crippen molar-refractivity contribution in [3.63, 3.8) is 0 Å². The SMILES string of the molecule is O=c1cc(-c2ccc(O)cc2O)oc2cnccc12. The first kappa shape index (κ1) is 11.3. The van der Waals surface area contributed by atoms with Crippen LogP contribution < -0.4 is 5.43 Å². The summed E-state index contributed by atoms with van der Waals surface area (Å²) in [6.45, 7) is 0. The van der Waals surface area contributed by atoms with Crippen molar-refractivity contribution in [1.29, 1.82) is 0 Å². The van der Waals surface area contributed by atoms with Gasteiger partial charge in [0.2, 0.25) is 0 Å². The summed E-state index contributed by atoms with van der Waals surface area (Å²) < 4.78 is 5.55. The Morgan fingerprint density at radius 3 is 2.74 bits per heavy atom. The van der Waals surface area contributed by atoms with E-state index >= 15 is 0 Å². The van der Waals surface area contributed by atoms with E-state index in [0.29, 0.717) is 16.5 Å². The Hall–Kier alpha value is -2.82. The normalized spacial score (nSPS) is 10.7. The molecule has 0 unspecified atom stereocenters. The first-order valence-electron chi connectivity index (χ1n) is 5.55. The predicted molar refractivity (Wildman–Crippen MR) is 69.0 cm³/mol. The summed E-state index contributed by atoms with van der Waals surface area (Å²) in [5.74, 6) is 0.000410. The van der Waals surface area contributed by atoms with Crippen LogP contribution in [0.1, 0.15) is 0 Å². The Morgan fingerprint density at radius 2 is 1.95 bits per heavy atom. The third-order valence-corrected chi connectivity index (χ3v) is 2.78. The molecule has 0 spiro atoms. The van der Waals surface area contributed by atoms with Crippen molar-refractivity contribution < 1.29 is 14.6 Å². The van der Waals surface area contributed by atoms with Crippen molar-refractivity contribution in [3.05, 3.63) is 52.9 Å². The quantitative estimate of drug-likeness (QED) is 0.696. The number of pyridine rings is 1. The zero-order chi connectivity index (χ0) is 13.4. The number of fused-ring (bicyclic) bond motifs is 1. The molecular weight excluding hydrogens is 246 g/mol. The van der Waals surface area contributed by atoms with Crippen LogP contribution in [0.25, 0.3) is 22.3 Å². The molecule has 0 aliphatic rings. The van der Waals surface area contributed by atoms with E-state index in [1.54, 1.807) is 6.07 Å². The van der Waals surface area contributed by atoms with Crippen LogP contribution in [0.5, 0.6) is 11.5 Å². The predicted octanol–water partition coefficient (Wildman–Crippen LogP) is 2.27. The molecular formula is C14H9NO4.